The molecule has 1 N–H and O–H groups in total. The maximum absolute atomic E-state index is 3.61. The van der Waals surface area contributed by atoms with Gasteiger partial charge in [0.2, 0.25) is 0 Å². The van der Waals surface area contributed by atoms with Gasteiger partial charge < -0.3 is 10.2 Å². The van der Waals surface area contributed by atoms with Gasteiger partial charge in [-0.15, -0.1) is 0 Å². The van der Waals surface area contributed by atoms with Gasteiger partial charge in [0.25, 0.3) is 0 Å². The molecule has 2 nitrogen and oxygen atoms in total. The lowest BCUT2D eigenvalue weighted by Gasteiger charge is -2.32. The van der Waals surface area contributed by atoms with E-state index in [-0.39, 0.29) is 0 Å². The first-order chi connectivity index (χ1) is 8.67. The molecule has 0 spiro atoms. The Labute approximate surface area is 115 Å². The van der Waals surface area contributed by atoms with Crippen molar-refractivity contribution in [2.75, 3.05) is 19.6 Å². The molecule has 2 heteroatoms. The summed E-state index contributed by atoms with van der Waals surface area (Å²) in [6.45, 7) is 13.1. The molecule has 0 amide bonds. The maximum atomic E-state index is 3.61. The molecule has 0 unspecified atom stereocenters. The number of hydrogen-bond acceptors (Lipinski definition) is 2. The molecule has 1 aliphatic carbocycles. The number of nitrogens with zero attached hydrogens (tertiary/aromatic N) is 1. The van der Waals surface area contributed by atoms with Crippen molar-refractivity contribution in [3.05, 3.63) is 0 Å². The Morgan fingerprint density at radius 1 is 1.11 bits per heavy atom. The number of hydrogen-bond donors (Lipinski definition) is 1. The molecule has 0 aromatic heterocycles. The topological polar surface area (TPSA) is 15.3 Å². The Hall–Kier alpha value is -0.0800. The van der Waals surface area contributed by atoms with Crippen LogP contribution in [0.15, 0.2) is 0 Å². The molecule has 1 saturated carbocycles. The Balaban J connectivity index is 2.16. The Morgan fingerprint density at radius 3 is 2.28 bits per heavy atom. The summed E-state index contributed by atoms with van der Waals surface area (Å²) in [5, 5.41) is 3.61. The first-order valence-corrected chi connectivity index (χ1v) is 8.14. The van der Waals surface area contributed by atoms with Crippen LogP contribution in [0.3, 0.4) is 0 Å². The van der Waals surface area contributed by atoms with Crippen molar-refractivity contribution in [3.8, 4) is 0 Å². The van der Waals surface area contributed by atoms with Crippen LogP contribution < -0.4 is 5.32 Å². The highest BCUT2D eigenvalue weighted by atomic mass is 15.1. The van der Waals surface area contributed by atoms with Gasteiger partial charge in [-0.25, -0.2) is 0 Å². The predicted molar refractivity (Wildman–Crippen MR) is 81.0 cm³/mol. The van der Waals surface area contributed by atoms with E-state index in [1.807, 2.05) is 0 Å². The third-order valence-corrected chi connectivity index (χ3v) is 3.94. The van der Waals surface area contributed by atoms with Crippen LogP contribution in [0.2, 0.25) is 0 Å². The van der Waals surface area contributed by atoms with Crippen molar-refractivity contribution in [2.45, 2.75) is 78.3 Å². The molecule has 0 atom stereocenters. The second-order valence-corrected chi connectivity index (χ2v) is 6.29. The van der Waals surface area contributed by atoms with Gasteiger partial charge in [-0.2, -0.15) is 0 Å². The summed E-state index contributed by atoms with van der Waals surface area (Å²) in [7, 11) is 0. The van der Waals surface area contributed by atoms with Crippen LogP contribution in [-0.4, -0.2) is 36.6 Å². The molecule has 0 aromatic carbocycles. The lowest BCUT2D eigenvalue weighted by atomic mass is 10.1. The molecule has 18 heavy (non-hydrogen) atoms. The summed E-state index contributed by atoms with van der Waals surface area (Å²) in [6.07, 6.45) is 8.10. The molecular weight excluding hydrogens is 220 g/mol. The fraction of sp³-hybridized carbons (Fsp3) is 1.00. The molecule has 1 aliphatic rings. The van der Waals surface area contributed by atoms with Crippen LogP contribution in [-0.2, 0) is 0 Å². The van der Waals surface area contributed by atoms with Crippen molar-refractivity contribution >= 4 is 0 Å². The highest BCUT2D eigenvalue weighted by Gasteiger charge is 2.20. The van der Waals surface area contributed by atoms with E-state index in [4.69, 9.17) is 0 Å². The van der Waals surface area contributed by atoms with E-state index in [0.717, 1.165) is 18.0 Å². The van der Waals surface area contributed by atoms with Crippen LogP contribution in [0.25, 0.3) is 0 Å². The smallest absolute Gasteiger partial charge is 0.00901 e. The third-order valence-electron chi connectivity index (χ3n) is 3.94. The SMILES string of the molecule is CCC(CC)N(CCCCNC1CC1)CC(C)C. The molecule has 0 radical (unpaired) electrons. The van der Waals surface area contributed by atoms with Gasteiger partial charge in [-0.3, -0.25) is 0 Å². The van der Waals surface area contributed by atoms with Gasteiger partial charge in [0.15, 0.2) is 0 Å². The van der Waals surface area contributed by atoms with E-state index < -0.39 is 0 Å². The van der Waals surface area contributed by atoms with Crippen molar-refractivity contribution in [1.82, 2.24) is 10.2 Å². The van der Waals surface area contributed by atoms with Crippen molar-refractivity contribution in [2.24, 2.45) is 5.92 Å². The standard InChI is InChI=1S/C16H34N2/c1-5-16(6-2)18(13-14(3)4)12-8-7-11-17-15-9-10-15/h14-17H,5-13H2,1-4H3. The highest BCUT2D eigenvalue weighted by molar-refractivity contribution is 4.80. The molecule has 108 valence electrons. The first-order valence-electron chi connectivity index (χ1n) is 8.14. The quantitative estimate of drug-likeness (QED) is 0.566. The zero-order valence-corrected chi connectivity index (χ0v) is 13.0. The molecule has 0 aliphatic heterocycles. The van der Waals surface area contributed by atoms with E-state index >= 15 is 0 Å². The fourth-order valence-corrected chi connectivity index (χ4v) is 2.73. The zero-order chi connectivity index (χ0) is 13.4. The average Bonchev–Trinajstić information content (AvgIpc) is 3.13. The Kier molecular flexibility index (Phi) is 7.92. The van der Waals surface area contributed by atoms with Gasteiger partial charge in [-0.05, 0) is 57.5 Å². The van der Waals surface area contributed by atoms with Gasteiger partial charge in [0.1, 0.15) is 0 Å². The number of rotatable bonds is 11. The van der Waals surface area contributed by atoms with E-state index in [9.17, 15) is 0 Å². The van der Waals surface area contributed by atoms with E-state index in [0.29, 0.717) is 0 Å². The Morgan fingerprint density at radius 2 is 1.78 bits per heavy atom. The molecule has 0 heterocycles. The van der Waals surface area contributed by atoms with E-state index in [2.05, 4.69) is 37.9 Å². The summed E-state index contributed by atoms with van der Waals surface area (Å²) in [5.41, 5.74) is 0. The van der Waals surface area contributed by atoms with Crippen LogP contribution in [0, 0.1) is 5.92 Å². The monoisotopic (exact) mass is 254 g/mol. The summed E-state index contributed by atoms with van der Waals surface area (Å²) in [5.74, 6) is 0.787. The van der Waals surface area contributed by atoms with Crippen LogP contribution in [0.1, 0.15) is 66.2 Å². The van der Waals surface area contributed by atoms with Gasteiger partial charge in [0.05, 0.1) is 0 Å². The minimum atomic E-state index is 0.787. The van der Waals surface area contributed by atoms with Crippen LogP contribution in [0.5, 0.6) is 0 Å². The zero-order valence-electron chi connectivity index (χ0n) is 13.0. The number of nitrogens with one attached hydrogen (secondary N) is 1. The second-order valence-electron chi connectivity index (χ2n) is 6.29. The third kappa shape index (κ3) is 6.75. The predicted octanol–water partition coefficient (Wildman–Crippen LogP) is 3.67. The second kappa shape index (κ2) is 8.92. The van der Waals surface area contributed by atoms with Crippen molar-refractivity contribution in [3.63, 3.8) is 0 Å². The van der Waals surface area contributed by atoms with Gasteiger partial charge in [0, 0.05) is 18.6 Å². The van der Waals surface area contributed by atoms with Crippen molar-refractivity contribution in [1.29, 1.82) is 0 Å². The first kappa shape index (κ1) is 16.0. The minimum Gasteiger partial charge on any atom is -0.314 e. The molecule has 0 aromatic rings. The maximum Gasteiger partial charge on any atom is 0.00901 e. The number of unbranched alkanes of at least 4 members (excludes halogenated alkanes) is 1. The molecule has 1 rings (SSSR count). The van der Waals surface area contributed by atoms with Gasteiger partial charge >= 0.3 is 0 Å². The van der Waals surface area contributed by atoms with Crippen LogP contribution >= 0.6 is 0 Å². The molecule has 1 fully saturated rings. The lowest BCUT2D eigenvalue weighted by Crippen LogP contribution is -2.38. The van der Waals surface area contributed by atoms with E-state index in [1.54, 1.807) is 0 Å². The summed E-state index contributed by atoms with van der Waals surface area (Å²) < 4.78 is 0. The highest BCUT2D eigenvalue weighted by Crippen LogP contribution is 2.18. The summed E-state index contributed by atoms with van der Waals surface area (Å²) in [4.78, 5) is 2.72. The molecule has 0 saturated heterocycles. The van der Waals surface area contributed by atoms with Crippen molar-refractivity contribution < 1.29 is 0 Å². The molecule has 0 bridgehead atoms. The van der Waals surface area contributed by atoms with Gasteiger partial charge in [-0.1, -0.05) is 27.7 Å². The van der Waals surface area contributed by atoms with E-state index in [1.165, 1.54) is 58.2 Å². The summed E-state index contributed by atoms with van der Waals surface area (Å²) >= 11 is 0. The fourth-order valence-electron chi connectivity index (χ4n) is 2.73. The Bertz CT molecular complexity index is 195. The van der Waals surface area contributed by atoms with Crippen LogP contribution in [0.4, 0.5) is 0 Å². The molecular formula is C16H34N2. The largest absolute Gasteiger partial charge is 0.314 e. The normalized spacial score (nSPS) is 16.2. The average molecular weight is 254 g/mol. The minimum absolute atomic E-state index is 0.787. The lowest BCUT2D eigenvalue weighted by molar-refractivity contribution is 0.163. The summed E-state index contributed by atoms with van der Waals surface area (Å²) in [6, 6.07) is 1.67.